The van der Waals surface area contributed by atoms with E-state index >= 15 is 0 Å². The second-order valence-electron chi connectivity index (χ2n) is 11.0. The molecule has 15 heteroatoms. The summed E-state index contributed by atoms with van der Waals surface area (Å²) in [6.07, 6.45) is -2.78. The van der Waals surface area contributed by atoms with Gasteiger partial charge in [0.15, 0.2) is 0 Å². The number of carbonyl (C=O) groups is 1. The number of methoxy groups -OCH3 is 1. The fourth-order valence-corrected chi connectivity index (χ4v) is 5.90. The molecular formula is C32H34F5N3O6S. The zero-order valence-corrected chi connectivity index (χ0v) is 26.4. The van der Waals surface area contributed by atoms with Crippen molar-refractivity contribution in [1.82, 2.24) is 9.47 Å². The second-order valence-corrected chi connectivity index (χ2v) is 12.4. The van der Waals surface area contributed by atoms with Crippen LogP contribution in [-0.2, 0) is 27.9 Å². The maximum Gasteiger partial charge on any atom is 0.573 e. The molecule has 1 aromatic heterocycles. The Kier molecular flexibility index (Phi) is 11.3. The van der Waals surface area contributed by atoms with E-state index in [1.165, 1.54) is 41.0 Å². The van der Waals surface area contributed by atoms with Crippen LogP contribution in [0.5, 0.6) is 5.75 Å². The van der Waals surface area contributed by atoms with Crippen LogP contribution >= 0.6 is 0 Å². The quantitative estimate of drug-likeness (QED) is 0.168. The molecule has 0 bridgehead atoms. The van der Waals surface area contributed by atoms with E-state index in [-0.39, 0.29) is 65.9 Å². The molecule has 3 N–H and O–H groups in total. The Morgan fingerprint density at radius 3 is 2.23 bits per heavy atom. The van der Waals surface area contributed by atoms with E-state index in [4.69, 9.17) is 15.0 Å². The van der Waals surface area contributed by atoms with Gasteiger partial charge in [-0.15, -0.1) is 13.2 Å². The molecule has 0 saturated carbocycles. The number of carbonyl (C=O) groups excluding carboxylic acids is 1. The summed E-state index contributed by atoms with van der Waals surface area (Å²) in [5, 5.41) is -0.253. The number of hydrogen-bond acceptors (Lipinski definition) is 6. The first kappa shape index (κ1) is 35.8. The van der Waals surface area contributed by atoms with E-state index < -0.39 is 34.0 Å². The number of fused-ring (bicyclic) bond motifs is 1. The van der Waals surface area contributed by atoms with Gasteiger partial charge in [0, 0.05) is 39.5 Å². The zero-order chi connectivity index (χ0) is 34.5. The fraction of sp³-hybridized carbons (Fsp3) is 0.344. The minimum Gasteiger partial charge on any atom is -0.405 e. The third-order valence-corrected chi connectivity index (χ3v) is 8.63. The summed E-state index contributed by atoms with van der Waals surface area (Å²) in [7, 11) is -2.59. The number of amides is 1. The van der Waals surface area contributed by atoms with E-state index in [2.05, 4.69) is 4.74 Å². The largest absolute Gasteiger partial charge is 0.573 e. The standard InChI is InChI=1S/C25H26F5N3O3.C7H8O3S/c1-35-11-10-33-14-18(22-21(36-25(28,29)30)5-4-20(27)23(22)33)24(34)32-8-6-16(7-9-32)17-12-15(13-31)2-3-19(17)26;1-6-2-4-7(5-3-6)11(8,9)10/h2-5,12,14,16H,6-11,13,31H2,1H3;2-5H,1H3,(H,8,9,10). The molecule has 47 heavy (non-hydrogen) atoms. The van der Waals surface area contributed by atoms with E-state index in [9.17, 15) is 35.2 Å². The van der Waals surface area contributed by atoms with Crippen molar-refractivity contribution in [2.45, 2.75) is 50.0 Å². The number of halogens is 5. The summed E-state index contributed by atoms with van der Waals surface area (Å²) in [5.41, 5.74) is 7.68. The van der Waals surface area contributed by atoms with Crippen LogP contribution in [0.4, 0.5) is 22.0 Å². The average molecular weight is 684 g/mol. The molecule has 1 aliphatic heterocycles. The highest BCUT2D eigenvalue weighted by Crippen LogP contribution is 2.38. The normalized spacial score (nSPS) is 14.2. The topological polar surface area (TPSA) is 124 Å². The van der Waals surface area contributed by atoms with Crippen LogP contribution in [0.2, 0.25) is 0 Å². The Balaban J connectivity index is 0.000000385. The van der Waals surface area contributed by atoms with Crippen molar-refractivity contribution in [3.05, 3.63) is 94.7 Å². The highest BCUT2D eigenvalue weighted by Gasteiger charge is 2.35. The van der Waals surface area contributed by atoms with Gasteiger partial charge in [-0.2, -0.15) is 8.42 Å². The lowest BCUT2D eigenvalue weighted by molar-refractivity contribution is -0.274. The molecule has 0 aliphatic carbocycles. The molecule has 1 amide bonds. The van der Waals surface area contributed by atoms with Crippen molar-refractivity contribution >= 4 is 26.9 Å². The predicted octanol–water partition coefficient (Wildman–Crippen LogP) is 6.18. The monoisotopic (exact) mass is 683 g/mol. The molecule has 5 rings (SSSR count). The summed E-state index contributed by atoms with van der Waals surface area (Å²) < 4.78 is 109. The molecule has 1 fully saturated rings. The Morgan fingerprint density at radius 1 is 1.02 bits per heavy atom. The van der Waals surface area contributed by atoms with Crippen molar-refractivity contribution in [3.8, 4) is 5.75 Å². The van der Waals surface area contributed by atoms with Crippen molar-refractivity contribution < 1.29 is 49.2 Å². The van der Waals surface area contributed by atoms with Gasteiger partial charge in [-0.05, 0) is 67.1 Å². The molecule has 0 atom stereocenters. The van der Waals surface area contributed by atoms with Crippen molar-refractivity contribution in [2.75, 3.05) is 26.8 Å². The number of likely N-dealkylation sites (tertiary alicyclic amines) is 1. The molecule has 1 aliphatic rings. The third-order valence-electron chi connectivity index (χ3n) is 7.76. The maximum atomic E-state index is 14.8. The number of alkyl halides is 3. The smallest absolute Gasteiger partial charge is 0.405 e. The van der Waals surface area contributed by atoms with Crippen LogP contribution < -0.4 is 10.5 Å². The number of rotatable bonds is 8. The molecule has 1 saturated heterocycles. The van der Waals surface area contributed by atoms with Crippen LogP contribution in [0.15, 0.2) is 65.7 Å². The van der Waals surface area contributed by atoms with E-state index in [1.54, 1.807) is 24.3 Å². The molecule has 9 nitrogen and oxygen atoms in total. The average Bonchev–Trinajstić information content (AvgIpc) is 3.41. The predicted molar refractivity (Wildman–Crippen MR) is 164 cm³/mol. The zero-order valence-electron chi connectivity index (χ0n) is 25.6. The Morgan fingerprint density at radius 2 is 1.66 bits per heavy atom. The maximum absolute atomic E-state index is 14.8. The van der Waals surface area contributed by atoms with Gasteiger partial charge in [-0.1, -0.05) is 29.8 Å². The summed E-state index contributed by atoms with van der Waals surface area (Å²) in [6.45, 7) is 2.90. The van der Waals surface area contributed by atoms with Crippen molar-refractivity contribution in [1.29, 1.82) is 0 Å². The van der Waals surface area contributed by atoms with Crippen LogP contribution in [0.25, 0.3) is 10.9 Å². The molecule has 4 aromatic rings. The lowest BCUT2D eigenvalue weighted by Gasteiger charge is -2.32. The summed E-state index contributed by atoms with van der Waals surface area (Å²) in [5.74, 6) is -2.48. The van der Waals surface area contributed by atoms with Gasteiger partial charge in [0.2, 0.25) is 0 Å². The second kappa shape index (κ2) is 14.8. The molecule has 2 heterocycles. The van der Waals surface area contributed by atoms with Gasteiger partial charge in [0.25, 0.3) is 16.0 Å². The Bertz CT molecular complexity index is 1820. The number of nitrogens with two attached hydrogens (primary N) is 1. The number of aryl methyl sites for hydroxylation is 1. The Labute approximate surface area is 268 Å². The first-order chi connectivity index (χ1) is 22.1. The lowest BCUT2D eigenvalue weighted by atomic mass is 9.88. The molecular weight excluding hydrogens is 649 g/mol. The lowest BCUT2D eigenvalue weighted by Crippen LogP contribution is -2.38. The van der Waals surface area contributed by atoms with Crippen LogP contribution in [-0.4, -0.2) is 61.5 Å². The molecule has 0 unspecified atom stereocenters. The minimum atomic E-state index is -5.03. The number of piperidine rings is 1. The highest BCUT2D eigenvalue weighted by molar-refractivity contribution is 7.85. The minimum absolute atomic E-state index is 0.0666. The first-order valence-electron chi connectivity index (χ1n) is 14.5. The fourth-order valence-electron chi connectivity index (χ4n) is 5.42. The molecule has 3 aromatic carbocycles. The molecule has 0 radical (unpaired) electrons. The van der Waals surface area contributed by atoms with Crippen molar-refractivity contribution in [3.63, 3.8) is 0 Å². The van der Waals surface area contributed by atoms with Gasteiger partial charge in [-0.3, -0.25) is 9.35 Å². The SMILES string of the molecule is COCCn1cc(C(=O)N2CCC(c3cc(CN)ccc3F)CC2)c2c(OC(F)(F)F)ccc(F)c21.Cc1ccc(S(=O)(=O)O)cc1. The van der Waals surface area contributed by atoms with Crippen LogP contribution in [0, 0.1) is 18.6 Å². The number of hydrogen-bond donors (Lipinski definition) is 2. The number of benzene rings is 3. The summed E-state index contributed by atoms with van der Waals surface area (Å²) in [6, 6.07) is 12.4. The molecule has 0 spiro atoms. The number of aromatic nitrogens is 1. The summed E-state index contributed by atoms with van der Waals surface area (Å²) >= 11 is 0. The molecule has 254 valence electrons. The summed E-state index contributed by atoms with van der Waals surface area (Å²) in [4.78, 5) is 14.9. The van der Waals surface area contributed by atoms with E-state index in [0.29, 0.717) is 18.4 Å². The Hall–Kier alpha value is -4.05. The first-order valence-corrected chi connectivity index (χ1v) is 15.9. The van der Waals surface area contributed by atoms with Crippen LogP contribution in [0.1, 0.15) is 45.8 Å². The van der Waals surface area contributed by atoms with Gasteiger partial charge in [0.05, 0.1) is 28.0 Å². The van der Waals surface area contributed by atoms with Crippen LogP contribution in [0.3, 0.4) is 0 Å². The van der Waals surface area contributed by atoms with E-state index in [0.717, 1.165) is 23.3 Å². The number of ether oxygens (including phenoxy) is 2. The number of nitrogens with zero attached hydrogens (tertiary/aromatic N) is 2. The van der Waals surface area contributed by atoms with Gasteiger partial charge in [-0.25, -0.2) is 8.78 Å². The highest BCUT2D eigenvalue weighted by atomic mass is 32.2. The van der Waals surface area contributed by atoms with Gasteiger partial charge >= 0.3 is 6.36 Å². The van der Waals surface area contributed by atoms with Crippen molar-refractivity contribution in [2.24, 2.45) is 5.73 Å². The van der Waals surface area contributed by atoms with Gasteiger partial charge in [0.1, 0.15) is 17.4 Å². The van der Waals surface area contributed by atoms with E-state index in [1.807, 2.05) is 6.92 Å². The van der Waals surface area contributed by atoms with Gasteiger partial charge < -0.3 is 24.7 Å². The third kappa shape index (κ3) is 8.86.